The molecular formula is C30H28N4S. The Morgan fingerprint density at radius 2 is 1.60 bits per heavy atom. The summed E-state index contributed by atoms with van der Waals surface area (Å²) in [7, 11) is 0. The number of rotatable bonds is 4. The molecule has 0 amide bonds. The van der Waals surface area contributed by atoms with Gasteiger partial charge in [-0.1, -0.05) is 90.6 Å². The van der Waals surface area contributed by atoms with Gasteiger partial charge < -0.3 is 9.88 Å². The number of aromatic nitrogens is 3. The summed E-state index contributed by atoms with van der Waals surface area (Å²) in [6.07, 6.45) is 3.29. The van der Waals surface area contributed by atoms with E-state index in [1.165, 1.54) is 27.9 Å². The topological polar surface area (TPSA) is 34.3 Å². The zero-order chi connectivity index (χ0) is 23.9. The molecule has 2 aromatic heterocycles. The first-order chi connectivity index (χ1) is 17.1. The Morgan fingerprint density at radius 3 is 2.37 bits per heavy atom. The molecule has 5 aromatic rings. The van der Waals surface area contributed by atoms with Crippen LogP contribution in [0.25, 0.3) is 28.2 Å². The Morgan fingerprint density at radius 1 is 0.857 bits per heavy atom. The summed E-state index contributed by atoms with van der Waals surface area (Å²) in [6, 6.07) is 27.6. The first-order valence-corrected chi connectivity index (χ1v) is 12.7. The third kappa shape index (κ3) is 3.76. The van der Waals surface area contributed by atoms with Crippen LogP contribution in [-0.2, 0) is 13.0 Å². The largest absolute Gasteiger partial charge is 0.345 e. The van der Waals surface area contributed by atoms with Crippen LogP contribution < -0.4 is 5.32 Å². The van der Waals surface area contributed by atoms with Gasteiger partial charge in [0.05, 0.1) is 0 Å². The molecule has 35 heavy (non-hydrogen) atoms. The average molecular weight is 477 g/mol. The van der Waals surface area contributed by atoms with Crippen molar-refractivity contribution < 1.29 is 0 Å². The number of nitrogens with one attached hydrogen (secondary N) is 1. The van der Waals surface area contributed by atoms with Crippen LogP contribution in [0.15, 0.2) is 78.9 Å². The highest BCUT2D eigenvalue weighted by Crippen LogP contribution is 2.38. The van der Waals surface area contributed by atoms with Gasteiger partial charge in [0.15, 0.2) is 5.82 Å². The number of hydrogen-bond acceptors (Lipinski definition) is 2. The highest BCUT2D eigenvalue weighted by molar-refractivity contribution is 7.81. The third-order valence-corrected chi connectivity index (χ3v) is 7.26. The standard InChI is InChI=1S/C30H28N4S/c1-20-15-17-23(18-16-20)28-32-34-27(29(35)31-25-14-7-6-10-21(25)2)26(22-11-4-3-5-12-22)24-13-8-9-19-33(28)30(24)34/h3-7,10-12,14-18H,8-9,13,19H2,1-2H3,(H,31,35). The summed E-state index contributed by atoms with van der Waals surface area (Å²) >= 11 is 6.10. The van der Waals surface area contributed by atoms with Gasteiger partial charge in [0, 0.05) is 28.9 Å². The van der Waals surface area contributed by atoms with Crippen LogP contribution in [0.3, 0.4) is 0 Å². The van der Waals surface area contributed by atoms with E-state index in [9.17, 15) is 0 Å². The molecule has 0 fully saturated rings. The second-order valence-corrected chi connectivity index (χ2v) is 9.78. The SMILES string of the molecule is Cc1ccc(-c2nn3c(C(=S)Nc4ccccc4C)c(-c4ccccc4)c4c3n2CCCC4)cc1. The van der Waals surface area contributed by atoms with Crippen molar-refractivity contribution in [2.24, 2.45) is 0 Å². The summed E-state index contributed by atoms with van der Waals surface area (Å²) in [5.41, 5.74) is 10.4. The van der Waals surface area contributed by atoms with Gasteiger partial charge in [0.1, 0.15) is 16.3 Å². The fourth-order valence-electron chi connectivity index (χ4n) is 5.17. The van der Waals surface area contributed by atoms with E-state index >= 15 is 0 Å². The Bertz CT molecular complexity index is 1540. The number of hydrogen-bond donors (Lipinski definition) is 1. The molecule has 0 saturated heterocycles. The normalized spacial score (nSPS) is 13.1. The molecule has 0 spiro atoms. The third-order valence-electron chi connectivity index (χ3n) is 6.97. The fraction of sp³-hybridized carbons (Fsp3) is 0.200. The van der Waals surface area contributed by atoms with Crippen molar-refractivity contribution in [1.82, 2.24) is 14.2 Å². The molecule has 1 aliphatic rings. The van der Waals surface area contributed by atoms with Crippen LogP contribution in [0.5, 0.6) is 0 Å². The lowest BCUT2D eigenvalue weighted by atomic mass is 9.98. The predicted molar refractivity (Wildman–Crippen MR) is 148 cm³/mol. The van der Waals surface area contributed by atoms with Crippen molar-refractivity contribution in [3.8, 4) is 22.5 Å². The molecule has 0 unspecified atom stereocenters. The van der Waals surface area contributed by atoms with Crippen molar-refractivity contribution in [2.45, 2.75) is 39.7 Å². The van der Waals surface area contributed by atoms with Crippen LogP contribution in [0.1, 0.15) is 35.2 Å². The highest BCUT2D eigenvalue weighted by Gasteiger charge is 2.29. The first-order valence-electron chi connectivity index (χ1n) is 12.3. The Kier molecular flexibility index (Phi) is 5.50. The van der Waals surface area contributed by atoms with Crippen molar-refractivity contribution in [3.63, 3.8) is 0 Å². The average Bonchev–Trinajstić information content (AvgIpc) is 3.29. The Hall–Kier alpha value is -3.70. The molecule has 174 valence electrons. The first kappa shape index (κ1) is 21.8. The maximum absolute atomic E-state index is 6.10. The summed E-state index contributed by atoms with van der Waals surface area (Å²) in [5, 5.41) is 8.75. The van der Waals surface area contributed by atoms with Crippen molar-refractivity contribution in [1.29, 1.82) is 0 Å². The van der Waals surface area contributed by atoms with Crippen LogP contribution in [0.4, 0.5) is 5.69 Å². The van der Waals surface area contributed by atoms with Crippen LogP contribution in [0.2, 0.25) is 0 Å². The van der Waals surface area contributed by atoms with E-state index in [1.54, 1.807) is 0 Å². The lowest BCUT2D eigenvalue weighted by molar-refractivity contribution is 0.645. The molecule has 0 saturated carbocycles. The van der Waals surface area contributed by atoms with E-state index in [0.29, 0.717) is 4.99 Å². The summed E-state index contributed by atoms with van der Waals surface area (Å²) < 4.78 is 4.51. The molecule has 0 aliphatic carbocycles. The molecule has 1 N–H and O–H groups in total. The number of benzene rings is 3. The number of thiocarbonyl (C=S) groups is 1. The molecule has 3 heterocycles. The molecule has 6 rings (SSSR count). The maximum atomic E-state index is 6.10. The van der Waals surface area contributed by atoms with E-state index in [-0.39, 0.29) is 0 Å². The number of anilines is 1. The Balaban J connectivity index is 1.61. The lowest BCUT2D eigenvalue weighted by Crippen LogP contribution is -2.15. The Labute approximate surface area is 211 Å². The minimum atomic E-state index is 0.695. The second kappa shape index (κ2) is 8.82. The van der Waals surface area contributed by atoms with Gasteiger partial charge in [-0.25, -0.2) is 4.52 Å². The molecule has 0 bridgehead atoms. The predicted octanol–water partition coefficient (Wildman–Crippen LogP) is 7.21. The van der Waals surface area contributed by atoms with E-state index in [0.717, 1.165) is 54.1 Å². The van der Waals surface area contributed by atoms with Crippen LogP contribution in [-0.4, -0.2) is 19.2 Å². The van der Waals surface area contributed by atoms with E-state index in [2.05, 4.69) is 95.0 Å². The molecule has 4 nitrogen and oxygen atoms in total. The molecule has 0 radical (unpaired) electrons. The zero-order valence-electron chi connectivity index (χ0n) is 20.1. The van der Waals surface area contributed by atoms with Crippen molar-refractivity contribution in [3.05, 3.63) is 101 Å². The number of para-hydroxylation sites is 1. The van der Waals surface area contributed by atoms with Crippen LogP contribution in [0, 0.1) is 13.8 Å². The number of aryl methyl sites for hydroxylation is 4. The van der Waals surface area contributed by atoms with Gasteiger partial charge in [0.25, 0.3) is 0 Å². The van der Waals surface area contributed by atoms with Gasteiger partial charge in [0.2, 0.25) is 0 Å². The lowest BCUT2D eigenvalue weighted by Gasteiger charge is -2.13. The summed E-state index contributed by atoms with van der Waals surface area (Å²) in [5.74, 6) is 1.00. The molecule has 3 aromatic carbocycles. The second-order valence-electron chi connectivity index (χ2n) is 9.37. The smallest absolute Gasteiger partial charge is 0.162 e. The molecular weight excluding hydrogens is 448 g/mol. The monoisotopic (exact) mass is 476 g/mol. The minimum absolute atomic E-state index is 0.695. The molecule has 5 heteroatoms. The molecule has 0 atom stereocenters. The van der Waals surface area contributed by atoms with E-state index in [4.69, 9.17) is 17.3 Å². The minimum Gasteiger partial charge on any atom is -0.345 e. The van der Waals surface area contributed by atoms with Gasteiger partial charge >= 0.3 is 0 Å². The van der Waals surface area contributed by atoms with E-state index in [1.807, 2.05) is 12.1 Å². The van der Waals surface area contributed by atoms with Gasteiger partial charge in [-0.3, -0.25) is 0 Å². The van der Waals surface area contributed by atoms with Crippen molar-refractivity contribution in [2.75, 3.05) is 5.32 Å². The fourth-order valence-corrected chi connectivity index (χ4v) is 5.47. The summed E-state index contributed by atoms with van der Waals surface area (Å²) in [4.78, 5) is 0.695. The summed E-state index contributed by atoms with van der Waals surface area (Å²) in [6.45, 7) is 5.17. The molecule has 1 aliphatic heterocycles. The van der Waals surface area contributed by atoms with Crippen molar-refractivity contribution >= 4 is 28.5 Å². The highest BCUT2D eigenvalue weighted by atomic mass is 32.1. The van der Waals surface area contributed by atoms with Gasteiger partial charge in [-0.2, -0.15) is 0 Å². The maximum Gasteiger partial charge on any atom is 0.162 e. The van der Waals surface area contributed by atoms with Gasteiger partial charge in [-0.15, -0.1) is 5.10 Å². The van der Waals surface area contributed by atoms with Gasteiger partial charge in [-0.05, 0) is 50.3 Å². The number of nitrogens with zero attached hydrogens (tertiary/aromatic N) is 3. The quantitative estimate of drug-likeness (QED) is 0.278. The van der Waals surface area contributed by atoms with E-state index < -0.39 is 0 Å². The zero-order valence-corrected chi connectivity index (χ0v) is 20.9. The van der Waals surface area contributed by atoms with Crippen LogP contribution >= 0.6 is 12.2 Å².